The van der Waals surface area contributed by atoms with Crippen molar-refractivity contribution < 1.29 is 9.59 Å². The van der Waals surface area contributed by atoms with E-state index < -0.39 is 0 Å². The summed E-state index contributed by atoms with van der Waals surface area (Å²) >= 11 is 0. The Labute approximate surface area is 162 Å². The molecule has 1 aromatic rings. The van der Waals surface area contributed by atoms with E-state index in [2.05, 4.69) is 11.4 Å². The van der Waals surface area contributed by atoms with Gasteiger partial charge in [0, 0.05) is 31.2 Å². The van der Waals surface area contributed by atoms with Gasteiger partial charge in [-0.3, -0.25) is 9.59 Å². The number of hydrogen-bond acceptors (Lipinski definition) is 4. The first-order valence-electron chi connectivity index (χ1n) is 9.92. The molecule has 2 aliphatic rings. The first-order chi connectivity index (χ1) is 12.9. The van der Waals surface area contributed by atoms with Crippen molar-refractivity contribution in [2.24, 2.45) is 11.1 Å². The minimum atomic E-state index is -0.383. The van der Waals surface area contributed by atoms with E-state index in [1.165, 1.54) is 12.8 Å². The van der Waals surface area contributed by atoms with E-state index in [1.54, 1.807) is 6.07 Å². The summed E-state index contributed by atoms with van der Waals surface area (Å²) in [6.07, 6.45) is 5.39. The van der Waals surface area contributed by atoms with Crippen molar-refractivity contribution in [1.82, 2.24) is 15.1 Å². The van der Waals surface area contributed by atoms with E-state index in [0.29, 0.717) is 18.2 Å². The SMILES string of the molecule is CN(C)CC(=O)N1CCC(CNC2CC2)(Cc2cccc(C(N)=O)c2)CC1. The minimum Gasteiger partial charge on any atom is -0.366 e. The number of nitrogens with one attached hydrogen (secondary N) is 1. The van der Waals surface area contributed by atoms with Gasteiger partial charge in [-0.2, -0.15) is 0 Å². The third kappa shape index (κ3) is 5.53. The Morgan fingerprint density at radius 1 is 1.26 bits per heavy atom. The van der Waals surface area contributed by atoms with Crippen LogP contribution in [0.2, 0.25) is 0 Å². The maximum absolute atomic E-state index is 12.4. The van der Waals surface area contributed by atoms with Crippen LogP contribution in [0.4, 0.5) is 0 Å². The molecule has 3 N–H and O–H groups in total. The maximum Gasteiger partial charge on any atom is 0.248 e. The lowest BCUT2D eigenvalue weighted by molar-refractivity contribution is -0.134. The second-order valence-electron chi connectivity index (χ2n) is 8.52. The highest BCUT2D eigenvalue weighted by molar-refractivity contribution is 5.92. The van der Waals surface area contributed by atoms with Crippen LogP contribution in [-0.4, -0.2) is 67.9 Å². The number of benzene rings is 1. The Morgan fingerprint density at radius 3 is 2.56 bits per heavy atom. The molecule has 1 saturated carbocycles. The Bertz CT molecular complexity index is 677. The molecule has 0 spiro atoms. The monoisotopic (exact) mass is 372 g/mol. The van der Waals surface area contributed by atoms with Crippen molar-refractivity contribution in [3.05, 3.63) is 35.4 Å². The summed E-state index contributed by atoms with van der Waals surface area (Å²) in [6.45, 7) is 3.03. The molecular formula is C21H32N4O2. The second-order valence-corrected chi connectivity index (χ2v) is 8.52. The Balaban J connectivity index is 1.68. The molecule has 1 aliphatic carbocycles. The van der Waals surface area contributed by atoms with Gasteiger partial charge in [0.25, 0.3) is 0 Å². The lowest BCUT2D eigenvalue weighted by atomic mass is 9.73. The number of hydrogen-bond donors (Lipinski definition) is 2. The van der Waals surface area contributed by atoms with Gasteiger partial charge < -0.3 is 20.9 Å². The van der Waals surface area contributed by atoms with Gasteiger partial charge in [0.15, 0.2) is 0 Å². The molecule has 0 atom stereocenters. The highest BCUT2D eigenvalue weighted by Gasteiger charge is 2.37. The zero-order valence-electron chi connectivity index (χ0n) is 16.5. The molecule has 0 bridgehead atoms. The van der Waals surface area contributed by atoms with Crippen LogP contribution in [-0.2, 0) is 11.2 Å². The highest BCUT2D eigenvalue weighted by Crippen LogP contribution is 2.36. The van der Waals surface area contributed by atoms with Crippen molar-refractivity contribution in [1.29, 1.82) is 0 Å². The van der Waals surface area contributed by atoms with E-state index >= 15 is 0 Å². The summed E-state index contributed by atoms with van der Waals surface area (Å²) in [7, 11) is 3.86. The summed E-state index contributed by atoms with van der Waals surface area (Å²) < 4.78 is 0. The van der Waals surface area contributed by atoms with Crippen molar-refractivity contribution in [3.8, 4) is 0 Å². The van der Waals surface area contributed by atoms with Crippen LogP contribution in [0.1, 0.15) is 41.6 Å². The fourth-order valence-corrected chi connectivity index (χ4v) is 3.93. The van der Waals surface area contributed by atoms with Crippen molar-refractivity contribution in [2.45, 2.75) is 38.1 Å². The number of rotatable bonds is 8. The number of nitrogens with two attached hydrogens (primary N) is 1. The molecule has 6 nitrogen and oxygen atoms in total. The number of carbonyl (C=O) groups excluding carboxylic acids is 2. The molecular weight excluding hydrogens is 340 g/mol. The fourth-order valence-electron chi connectivity index (χ4n) is 3.93. The molecule has 148 valence electrons. The van der Waals surface area contributed by atoms with Crippen LogP contribution in [0.3, 0.4) is 0 Å². The van der Waals surface area contributed by atoms with Crippen LogP contribution in [0, 0.1) is 5.41 Å². The summed E-state index contributed by atoms with van der Waals surface area (Å²) in [5, 5.41) is 3.70. The van der Waals surface area contributed by atoms with Gasteiger partial charge in [-0.25, -0.2) is 0 Å². The first-order valence-corrected chi connectivity index (χ1v) is 9.92. The summed E-state index contributed by atoms with van der Waals surface area (Å²) in [6, 6.07) is 8.34. The fraction of sp³-hybridized carbons (Fsp3) is 0.619. The summed E-state index contributed by atoms with van der Waals surface area (Å²) in [4.78, 5) is 27.8. The van der Waals surface area contributed by atoms with Gasteiger partial charge in [0.05, 0.1) is 6.54 Å². The Hall–Kier alpha value is -1.92. The number of piperidine rings is 1. The number of amides is 2. The molecule has 2 fully saturated rings. The molecule has 3 rings (SSSR count). The topological polar surface area (TPSA) is 78.7 Å². The maximum atomic E-state index is 12.4. The van der Waals surface area contributed by atoms with Gasteiger partial charge in [0.1, 0.15) is 0 Å². The van der Waals surface area contributed by atoms with Crippen LogP contribution in [0.5, 0.6) is 0 Å². The van der Waals surface area contributed by atoms with Gasteiger partial charge >= 0.3 is 0 Å². The van der Waals surface area contributed by atoms with Gasteiger partial charge in [-0.1, -0.05) is 12.1 Å². The molecule has 1 heterocycles. The smallest absolute Gasteiger partial charge is 0.248 e. The third-order valence-corrected chi connectivity index (χ3v) is 5.76. The summed E-state index contributed by atoms with van der Waals surface area (Å²) in [5.74, 6) is -0.175. The third-order valence-electron chi connectivity index (χ3n) is 5.76. The molecule has 6 heteroatoms. The molecule has 1 aliphatic heterocycles. The second kappa shape index (κ2) is 8.40. The van der Waals surface area contributed by atoms with Crippen LogP contribution in [0.25, 0.3) is 0 Å². The van der Waals surface area contributed by atoms with Gasteiger partial charge in [-0.15, -0.1) is 0 Å². The molecule has 2 amide bonds. The first kappa shape index (κ1) is 19.8. The number of carbonyl (C=O) groups is 2. The average Bonchev–Trinajstić information content (AvgIpc) is 3.45. The van der Waals surface area contributed by atoms with E-state index in [1.807, 2.05) is 36.0 Å². The largest absolute Gasteiger partial charge is 0.366 e. The van der Waals surface area contributed by atoms with Gasteiger partial charge in [-0.05, 0) is 69.3 Å². The zero-order valence-corrected chi connectivity index (χ0v) is 16.5. The molecule has 0 radical (unpaired) electrons. The number of primary amides is 1. The quantitative estimate of drug-likeness (QED) is 0.720. The highest BCUT2D eigenvalue weighted by atomic mass is 16.2. The van der Waals surface area contributed by atoms with E-state index in [9.17, 15) is 9.59 Å². The Kier molecular flexibility index (Phi) is 6.17. The average molecular weight is 373 g/mol. The number of nitrogens with zero attached hydrogens (tertiary/aromatic N) is 2. The predicted octanol–water partition coefficient (Wildman–Crippen LogP) is 1.25. The van der Waals surface area contributed by atoms with Crippen molar-refractivity contribution in [3.63, 3.8) is 0 Å². The van der Waals surface area contributed by atoms with Crippen LogP contribution < -0.4 is 11.1 Å². The number of likely N-dealkylation sites (N-methyl/N-ethyl adjacent to an activating group) is 1. The standard InChI is InChI=1S/C21H32N4O2/c1-24(2)14-19(26)25-10-8-21(9-11-25,15-23-18-6-7-18)13-16-4-3-5-17(12-16)20(22)27/h3-5,12,18,23H,6-11,13-15H2,1-2H3,(H2,22,27). The van der Waals surface area contributed by atoms with Crippen LogP contribution in [0.15, 0.2) is 24.3 Å². The van der Waals surface area contributed by atoms with Crippen molar-refractivity contribution >= 4 is 11.8 Å². The van der Waals surface area contributed by atoms with E-state index in [4.69, 9.17) is 5.73 Å². The lowest BCUT2D eigenvalue weighted by Crippen LogP contribution is -2.50. The zero-order chi connectivity index (χ0) is 19.4. The molecule has 27 heavy (non-hydrogen) atoms. The minimum absolute atomic E-state index is 0.119. The lowest BCUT2D eigenvalue weighted by Gasteiger charge is -2.42. The molecule has 0 aromatic heterocycles. The molecule has 1 saturated heterocycles. The molecule has 0 unspecified atom stereocenters. The summed E-state index contributed by atoms with van der Waals surface area (Å²) in [5.41, 5.74) is 7.28. The number of likely N-dealkylation sites (tertiary alicyclic amines) is 1. The Morgan fingerprint density at radius 2 is 1.96 bits per heavy atom. The normalized spacial score (nSPS) is 19.3. The van der Waals surface area contributed by atoms with Gasteiger partial charge in [0.2, 0.25) is 11.8 Å². The molecule has 1 aromatic carbocycles. The van der Waals surface area contributed by atoms with E-state index in [0.717, 1.165) is 44.5 Å². The van der Waals surface area contributed by atoms with Crippen molar-refractivity contribution in [2.75, 3.05) is 40.3 Å². The predicted molar refractivity (Wildman–Crippen MR) is 106 cm³/mol. The van der Waals surface area contributed by atoms with E-state index in [-0.39, 0.29) is 17.2 Å². The van der Waals surface area contributed by atoms with Crippen LogP contribution >= 0.6 is 0 Å².